The van der Waals surface area contributed by atoms with Gasteiger partial charge in [0.1, 0.15) is 6.10 Å². The molecule has 0 aromatic carbocycles. The van der Waals surface area contributed by atoms with E-state index in [1.54, 1.807) is 0 Å². The quantitative estimate of drug-likeness (QED) is 0.619. The number of aliphatic hydroxyl groups is 1. The molecule has 1 heterocycles. The number of nitrogens with one attached hydrogen (secondary N) is 1. The van der Waals surface area contributed by atoms with Crippen LogP contribution in [-0.4, -0.2) is 36.9 Å². The lowest BCUT2D eigenvalue weighted by atomic mass is 10.2. The first-order valence-electron chi connectivity index (χ1n) is 5.85. The van der Waals surface area contributed by atoms with Gasteiger partial charge in [-0.3, -0.25) is 4.79 Å². The number of hydrogen-bond donors (Lipinski definition) is 2. The predicted molar refractivity (Wildman–Crippen MR) is 57.5 cm³/mol. The third-order valence-electron chi connectivity index (χ3n) is 2.61. The van der Waals surface area contributed by atoms with Crippen molar-refractivity contribution in [3.63, 3.8) is 0 Å². The summed E-state index contributed by atoms with van der Waals surface area (Å²) in [5.74, 6) is 0.0367. The molecule has 1 aliphatic heterocycles. The molecule has 1 rings (SSSR count). The smallest absolute Gasteiger partial charge is 0.249 e. The van der Waals surface area contributed by atoms with E-state index in [1.165, 1.54) is 0 Å². The van der Waals surface area contributed by atoms with Gasteiger partial charge in [-0.15, -0.1) is 0 Å². The Morgan fingerprint density at radius 3 is 2.80 bits per heavy atom. The van der Waals surface area contributed by atoms with Crippen LogP contribution < -0.4 is 5.32 Å². The van der Waals surface area contributed by atoms with E-state index in [0.29, 0.717) is 6.61 Å². The lowest BCUT2D eigenvalue weighted by Gasteiger charge is -2.09. The van der Waals surface area contributed by atoms with Crippen LogP contribution in [0.3, 0.4) is 0 Å². The number of rotatable bonds is 7. The molecule has 0 aliphatic carbocycles. The summed E-state index contributed by atoms with van der Waals surface area (Å²) in [6, 6.07) is 0. The molecule has 0 radical (unpaired) electrons. The lowest BCUT2D eigenvalue weighted by molar-refractivity contribution is -0.130. The second kappa shape index (κ2) is 7.65. The molecule has 0 aromatic rings. The number of ether oxygens (including phenoxy) is 1. The van der Waals surface area contributed by atoms with Crippen molar-refractivity contribution in [3.05, 3.63) is 0 Å². The van der Waals surface area contributed by atoms with Crippen molar-refractivity contribution < 1.29 is 14.6 Å². The molecule has 1 saturated heterocycles. The Kier molecular flexibility index (Phi) is 6.36. The number of carbonyl (C=O) groups excluding carboxylic acids is 1. The maximum atomic E-state index is 11.5. The SMILES string of the molecule is O=C(NCCCCCCO)[C@@H]1CCCO1. The molecule has 15 heavy (non-hydrogen) atoms. The zero-order valence-corrected chi connectivity index (χ0v) is 9.21. The van der Waals surface area contributed by atoms with Gasteiger partial charge in [0.15, 0.2) is 0 Å². The molecular formula is C11H21NO3. The van der Waals surface area contributed by atoms with Crippen molar-refractivity contribution in [2.45, 2.75) is 44.6 Å². The summed E-state index contributed by atoms with van der Waals surface area (Å²) in [5.41, 5.74) is 0. The molecule has 88 valence electrons. The van der Waals surface area contributed by atoms with E-state index in [1.807, 2.05) is 0 Å². The van der Waals surface area contributed by atoms with Gasteiger partial charge in [0, 0.05) is 19.8 Å². The third-order valence-corrected chi connectivity index (χ3v) is 2.61. The first-order chi connectivity index (χ1) is 7.34. The Balaban J connectivity index is 1.92. The average Bonchev–Trinajstić information content (AvgIpc) is 2.76. The highest BCUT2D eigenvalue weighted by molar-refractivity contribution is 5.80. The molecule has 4 nitrogen and oxygen atoms in total. The van der Waals surface area contributed by atoms with Crippen LogP contribution in [0.5, 0.6) is 0 Å². The molecule has 1 atom stereocenters. The van der Waals surface area contributed by atoms with E-state index in [2.05, 4.69) is 5.32 Å². The van der Waals surface area contributed by atoms with Crippen molar-refractivity contribution in [2.24, 2.45) is 0 Å². The highest BCUT2D eigenvalue weighted by atomic mass is 16.5. The molecule has 0 unspecified atom stereocenters. The van der Waals surface area contributed by atoms with Gasteiger partial charge in [-0.2, -0.15) is 0 Å². The summed E-state index contributed by atoms with van der Waals surface area (Å²) in [6.07, 6.45) is 5.59. The van der Waals surface area contributed by atoms with Crippen molar-refractivity contribution in [1.82, 2.24) is 5.32 Å². The molecule has 0 spiro atoms. The summed E-state index contributed by atoms with van der Waals surface area (Å²) in [5, 5.41) is 11.4. The second-order valence-corrected chi connectivity index (χ2v) is 3.93. The van der Waals surface area contributed by atoms with Gasteiger partial charge in [0.2, 0.25) is 5.91 Å². The fourth-order valence-electron chi connectivity index (χ4n) is 1.70. The molecule has 2 N–H and O–H groups in total. The minimum Gasteiger partial charge on any atom is -0.396 e. The van der Waals surface area contributed by atoms with E-state index >= 15 is 0 Å². The number of carbonyl (C=O) groups is 1. The number of unbranched alkanes of at least 4 members (excludes halogenated alkanes) is 3. The van der Waals surface area contributed by atoms with Crippen LogP contribution in [-0.2, 0) is 9.53 Å². The minimum absolute atomic E-state index is 0.0367. The van der Waals surface area contributed by atoms with Crippen molar-refractivity contribution >= 4 is 5.91 Å². The van der Waals surface area contributed by atoms with Crippen molar-refractivity contribution in [2.75, 3.05) is 19.8 Å². The highest BCUT2D eigenvalue weighted by Crippen LogP contribution is 2.11. The normalized spacial score (nSPS) is 20.5. The fourth-order valence-corrected chi connectivity index (χ4v) is 1.70. The van der Waals surface area contributed by atoms with Crippen LogP contribution in [0.1, 0.15) is 38.5 Å². The van der Waals surface area contributed by atoms with E-state index in [9.17, 15) is 4.79 Å². The zero-order chi connectivity index (χ0) is 10.9. The Hall–Kier alpha value is -0.610. The molecule has 0 aromatic heterocycles. The van der Waals surface area contributed by atoms with Crippen LogP contribution in [0.15, 0.2) is 0 Å². The maximum absolute atomic E-state index is 11.5. The van der Waals surface area contributed by atoms with E-state index in [4.69, 9.17) is 9.84 Å². The topological polar surface area (TPSA) is 58.6 Å². The summed E-state index contributed by atoms with van der Waals surface area (Å²) >= 11 is 0. The minimum atomic E-state index is -0.206. The average molecular weight is 215 g/mol. The number of hydrogen-bond acceptors (Lipinski definition) is 3. The molecule has 4 heteroatoms. The summed E-state index contributed by atoms with van der Waals surface area (Å²) in [7, 11) is 0. The molecule has 1 aliphatic rings. The van der Waals surface area contributed by atoms with Crippen LogP contribution >= 0.6 is 0 Å². The Morgan fingerprint density at radius 2 is 2.13 bits per heavy atom. The Labute approximate surface area is 91.0 Å². The van der Waals surface area contributed by atoms with Crippen molar-refractivity contribution in [1.29, 1.82) is 0 Å². The molecule has 1 fully saturated rings. The Morgan fingerprint density at radius 1 is 1.33 bits per heavy atom. The van der Waals surface area contributed by atoms with Gasteiger partial charge in [-0.25, -0.2) is 0 Å². The molecular weight excluding hydrogens is 194 g/mol. The molecule has 0 bridgehead atoms. The summed E-state index contributed by atoms with van der Waals surface area (Å²) in [4.78, 5) is 11.5. The fraction of sp³-hybridized carbons (Fsp3) is 0.909. The third kappa shape index (κ3) is 5.14. The highest BCUT2D eigenvalue weighted by Gasteiger charge is 2.22. The monoisotopic (exact) mass is 215 g/mol. The van der Waals surface area contributed by atoms with Gasteiger partial charge < -0.3 is 15.2 Å². The van der Waals surface area contributed by atoms with Crippen LogP contribution in [0, 0.1) is 0 Å². The zero-order valence-electron chi connectivity index (χ0n) is 9.21. The molecule has 0 saturated carbocycles. The number of amides is 1. The van der Waals surface area contributed by atoms with Crippen molar-refractivity contribution in [3.8, 4) is 0 Å². The van der Waals surface area contributed by atoms with Gasteiger partial charge in [-0.05, 0) is 25.7 Å². The first-order valence-corrected chi connectivity index (χ1v) is 5.85. The van der Waals surface area contributed by atoms with E-state index in [-0.39, 0.29) is 18.6 Å². The number of aliphatic hydroxyl groups excluding tert-OH is 1. The standard InChI is InChI=1S/C11H21NO3/c13-8-4-2-1-3-7-12-11(14)10-6-5-9-15-10/h10,13H,1-9H2,(H,12,14)/t10-/m0/s1. The summed E-state index contributed by atoms with van der Waals surface area (Å²) < 4.78 is 5.27. The van der Waals surface area contributed by atoms with Crippen LogP contribution in [0.2, 0.25) is 0 Å². The lowest BCUT2D eigenvalue weighted by Crippen LogP contribution is -2.34. The Bertz CT molecular complexity index is 179. The van der Waals surface area contributed by atoms with Crippen LogP contribution in [0.25, 0.3) is 0 Å². The maximum Gasteiger partial charge on any atom is 0.249 e. The van der Waals surface area contributed by atoms with Gasteiger partial charge >= 0.3 is 0 Å². The van der Waals surface area contributed by atoms with Crippen LogP contribution in [0.4, 0.5) is 0 Å². The predicted octanol–water partition coefficient (Wildman–Crippen LogP) is 0.834. The van der Waals surface area contributed by atoms with E-state index in [0.717, 1.165) is 45.1 Å². The van der Waals surface area contributed by atoms with Gasteiger partial charge in [0.25, 0.3) is 0 Å². The van der Waals surface area contributed by atoms with Gasteiger partial charge in [0.05, 0.1) is 0 Å². The summed E-state index contributed by atoms with van der Waals surface area (Å²) in [6.45, 7) is 1.71. The first kappa shape index (κ1) is 12.5. The largest absolute Gasteiger partial charge is 0.396 e. The second-order valence-electron chi connectivity index (χ2n) is 3.93. The van der Waals surface area contributed by atoms with Gasteiger partial charge in [-0.1, -0.05) is 12.8 Å². The van der Waals surface area contributed by atoms with E-state index < -0.39 is 0 Å². The molecule has 1 amide bonds.